The Kier molecular flexibility index (Phi) is 7.80. The van der Waals surface area contributed by atoms with Gasteiger partial charge in [-0.2, -0.15) is 5.10 Å². The molecule has 1 aromatic carbocycles. The molecule has 3 aromatic rings. The second-order valence-corrected chi connectivity index (χ2v) is 9.98. The molecule has 0 radical (unpaired) electrons. The summed E-state index contributed by atoms with van der Waals surface area (Å²) in [5, 5.41) is 5.67. The largest absolute Gasteiger partial charge is 0.381 e. The average molecular weight is 491 g/mol. The Hall–Kier alpha value is -3.00. The van der Waals surface area contributed by atoms with Gasteiger partial charge in [-0.1, -0.05) is 44.9 Å². The van der Waals surface area contributed by atoms with Gasteiger partial charge in [0.05, 0.1) is 17.3 Å². The van der Waals surface area contributed by atoms with Crippen LogP contribution in [0, 0.1) is 5.92 Å². The van der Waals surface area contributed by atoms with E-state index in [-0.39, 0.29) is 11.8 Å². The van der Waals surface area contributed by atoms with Crippen molar-refractivity contribution in [2.24, 2.45) is 5.92 Å². The quantitative estimate of drug-likeness (QED) is 0.460. The first-order chi connectivity index (χ1) is 17.7. The van der Waals surface area contributed by atoms with E-state index in [2.05, 4.69) is 35.8 Å². The molecule has 0 spiro atoms. The molecule has 192 valence electrons. The first kappa shape index (κ1) is 24.7. The third-order valence-electron chi connectivity index (χ3n) is 7.65. The smallest absolute Gasteiger partial charge is 0.225 e. The van der Waals surface area contributed by atoms with Crippen molar-refractivity contribution < 1.29 is 9.53 Å². The van der Waals surface area contributed by atoms with Gasteiger partial charge in [-0.15, -0.1) is 0 Å². The summed E-state index contributed by atoms with van der Waals surface area (Å²) in [6.45, 7) is 8.81. The summed E-state index contributed by atoms with van der Waals surface area (Å²) in [5.74, 6) is 2.56. The van der Waals surface area contributed by atoms with Crippen molar-refractivity contribution in [1.29, 1.82) is 0 Å². The summed E-state index contributed by atoms with van der Waals surface area (Å²) >= 11 is 0. The number of hydrogen-bond acceptors (Lipinski definition) is 6. The standard InChI is InChI=1S/C28H38N6O2/c1-3-5-9-21(4-2)28(35)33-16-14-32(15-17-33)26-24-20-29-34(23-10-7-6-8-11-23)27(24)31-25(30-26)22-12-18-36-19-13-22/h6-8,10-11,20-22H,3-5,9,12-19H2,1-2H3/t21-/m1/s1. The van der Waals surface area contributed by atoms with Crippen molar-refractivity contribution >= 4 is 22.8 Å². The average Bonchev–Trinajstić information content (AvgIpc) is 3.38. The van der Waals surface area contributed by atoms with Crippen molar-refractivity contribution in [3.05, 3.63) is 42.4 Å². The number of amides is 1. The van der Waals surface area contributed by atoms with Crippen LogP contribution in [0.15, 0.2) is 36.5 Å². The highest BCUT2D eigenvalue weighted by atomic mass is 16.5. The van der Waals surface area contributed by atoms with Gasteiger partial charge in [-0.3, -0.25) is 4.79 Å². The zero-order valence-corrected chi connectivity index (χ0v) is 21.6. The van der Waals surface area contributed by atoms with Gasteiger partial charge in [-0.25, -0.2) is 14.6 Å². The Balaban J connectivity index is 1.43. The van der Waals surface area contributed by atoms with E-state index in [1.807, 2.05) is 29.1 Å². The molecule has 0 N–H and O–H groups in total. The molecule has 1 amide bonds. The highest BCUT2D eigenvalue weighted by molar-refractivity contribution is 5.88. The van der Waals surface area contributed by atoms with Crippen LogP contribution in [0.4, 0.5) is 5.82 Å². The minimum atomic E-state index is 0.145. The second kappa shape index (κ2) is 11.4. The van der Waals surface area contributed by atoms with Gasteiger partial charge in [0.15, 0.2) is 5.65 Å². The van der Waals surface area contributed by atoms with Crippen LogP contribution in [-0.4, -0.2) is 69.9 Å². The van der Waals surface area contributed by atoms with Crippen LogP contribution in [0.1, 0.15) is 64.1 Å². The van der Waals surface area contributed by atoms with Gasteiger partial charge in [0.2, 0.25) is 5.91 Å². The van der Waals surface area contributed by atoms with E-state index in [0.29, 0.717) is 5.91 Å². The number of hydrogen-bond donors (Lipinski definition) is 0. The number of carbonyl (C=O) groups is 1. The highest BCUT2D eigenvalue weighted by Crippen LogP contribution is 2.32. The summed E-state index contributed by atoms with van der Waals surface area (Å²) in [7, 11) is 0. The van der Waals surface area contributed by atoms with E-state index in [1.54, 1.807) is 0 Å². The molecule has 4 heterocycles. The maximum Gasteiger partial charge on any atom is 0.225 e. The fourth-order valence-corrected chi connectivity index (χ4v) is 5.40. The lowest BCUT2D eigenvalue weighted by Crippen LogP contribution is -2.50. The van der Waals surface area contributed by atoms with Crippen LogP contribution >= 0.6 is 0 Å². The third kappa shape index (κ3) is 5.09. The summed E-state index contributed by atoms with van der Waals surface area (Å²) in [4.78, 5) is 27.7. The fourth-order valence-electron chi connectivity index (χ4n) is 5.40. The number of ether oxygens (including phenoxy) is 1. The van der Waals surface area contributed by atoms with E-state index < -0.39 is 0 Å². The molecule has 2 aliphatic rings. The van der Waals surface area contributed by atoms with Crippen LogP contribution in [0.2, 0.25) is 0 Å². The van der Waals surface area contributed by atoms with Crippen LogP contribution in [0.5, 0.6) is 0 Å². The van der Waals surface area contributed by atoms with Gasteiger partial charge >= 0.3 is 0 Å². The monoisotopic (exact) mass is 490 g/mol. The SMILES string of the molecule is CCCC[C@@H](CC)C(=O)N1CCN(c2nc(C3CCOCC3)nc3c2cnn3-c2ccccc2)CC1. The topological polar surface area (TPSA) is 76.4 Å². The lowest BCUT2D eigenvalue weighted by molar-refractivity contribution is -0.136. The van der Waals surface area contributed by atoms with Crippen molar-refractivity contribution in [2.75, 3.05) is 44.3 Å². The fraction of sp³-hybridized carbons (Fsp3) is 0.571. The molecule has 0 unspecified atom stereocenters. The first-order valence-corrected chi connectivity index (χ1v) is 13.6. The number of benzene rings is 1. The molecule has 8 heteroatoms. The maximum atomic E-state index is 13.2. The lowest BCUT2D eigenvalue weighted by atomic mass is 9.97. The van der Waals surface area contributed by atoms with E-state index >= 15 is 0 Å². The zero-order valence-electron chi connectivity index (χ0n) is 21.6. The summed E-state index contributed by atoms with van der Waals surface area (Å²) < 4.78 is 7.52. The molecule has 8 nitrogen and oxygen atoms in total. The van der Waals surface area contributed by atoms with Crippen LogP contribution < -0.4 is 4.90 Å². The Bertz CT molecular complexity index is 1150. The molecule has 0 aliphatic carbocycles. The molecular weight excluding hydrogens is 452 g/mol. The number of anilines is 1. The van der Waals surface area contributed by atoms with Crippen molar-refractivity contribution in [3.63, 3.8) is 0 Å². The summed E-state index contributed by atoms with van der Waals surface area (Å²) in [6.07, 6.45) is 7.91. The van der Waals surface area contributed by atoms with E-state index in [0.717, 1.165) is 106 Å². The predicted octanol–water partition coefficient (Wildman–Crippen LogP) is 4.57. The molecule has 5 rings (SSSR count). The van der Waals surface area contributed by atoms with E-state index in [9.17, 15) is 4.79 Å². The molecule has 36 heavy (non-hydrogen) atoms. The number of piperazine rings is 1. The Labute approximate surface area is 213 Å². The van der Waals surface area contributed by atoms with Gasteiger partial charge in [0, 0.05) is 51.2 Å². The molecule has 0 saturated carbocycles. The van der Waals surface area contributed by atoms with E-state index in [1.165, 1.54) is 0 Å². The number of rotatable bonds is 8. The van der Waals surface area contributed by atoms with Crippen molar-refractivity contribution in [3.8, 4) is 5.69 Å². The minimum absolute atomic E-state index is 0.145. The zero-order chi connectivity index (χ0) is 24.9. The lowest BCUT2D eigenvalue weighted by Gasteiger charge is -2.37. The van der Waals surface area contributed by atoms with Gasteiger partial charge in [0.1, 0.15) is 11.6 Å². The predicted molar refractivity (Wildman–Crippen MR) is 142 cm³/mol. The molecule has 1 atom stereocenters. The molecule has 2 aliphatic heterocycles. The molecule has 2 aromatic heterocycles. The number of carbonyl (C=O) groups excluding carboxylic acids is 1. The maximum absolute atomic E-state index is 13.2. The van der Waals surface area contributed by atoms with Crippen LogP contribution in [0.3, 0.4) is 0 Å². The van der Waals surface area contributed by atoms with Crippen LogP contribution in [-0.2, 0) is 9.53 Å². The summed E-state index contributed by atoms with van der Waals surface area (Å²) in [6, 6.07) is 10.1. The number of fused-ring (bicyclic) bond motifs is 1. The molecule has 2 saturated heterocycles. The van der Waals surface area contributed by atoms with Gasteiger partial charge in [0.25, 0.3) is 0 Å². The summed E-state index contributed by atoms with van der Waals surface area (Å²) in [5.41, 5.74) is 1.83. The van der Waals surface area contributed by atoms with Crippen molar-refractivity contribution in [1.82, 2.24) is 24.6 Å². The Morgan fingerprint density at radius 3 is 2.50 bits per heavy atom. The molecule has 2 fully saturated rings. The molecule has 0 bridgehead atoms. The number of aromatic nitrogens is 4. The highest BCUT2D eigenvalue weighted by Gasteiger charge is 2.29. The normalized spacial score (nSPS) is 18.1. The number of unbranched alkanes of at least 4 members (excludes halogenated alkanes) is 1. The van der Waals surface area contributed by atoms with Gasteiger partial charge in [-0.05, 0) is 37.8 Å². The van der Waals surface area contributed by atoms with Crippen molar-refractivity contribution in [2.45, 2.75) is 58.3 Å². The van der Waals surface area contributed by atoms with Crippen LogP contribution in [0.25, 0.3) is 16.7 Å². The van der Waals surface area contributed by atoms with Gasteiger partial charge < -0.3 is 14.5 Å². The second-order valence-electron chi connectivity index (χ2n) is 9.98. The first-order valence-electron chi connectivity index (χ1n) is 13.6. The number of nitrogens with zero attached hydrogens (tertiary/aromatic N) is 6. The minimum Gasteiger partial charge on any atom is -0.381 e. The third-order valence-corrected chi connectivity index (χ3v) is 7.65. The van der Waals surface area contributed by atoms with E-state index in [4.69, 9.17) is 19.8 Å². The Morgan fingerprint density at radius 2 is 1.81 bits per heavy atom. The Morgan fingerprint density at radius 1 is 1.06 bits per heavy atom. The molecular formula is C28H38N6O2. The number of para-hydroxylation sites is 1.